The largest absolute Gasteiger partial charge is 0.224 e. The molecular formula is C15H21BrCl2O2S. The lowest BCUT2D eigenvalue weighted by molar-refractivity contribution is 0.314. The summed E-state index contributed by atoms with van der Waals surface area (Å²) in [6.45, 7) is 4.16. The number of hydrogen-bond acceptors (Lipinski definition) is 2. The Balaban J connectivity index is 3.13. The molecular weight excluding hydrogens is 395 g/mol. The second kappa shape index (κ2) is 8.19. The Morgan fingerprint density at radius 1 is 1.10 bits per heavy atom. The van der Waals surface area contributed by atoms with E-state index >= 15 is 0 Å². The van der Waals surface area contributed by atoms with E-state index in [-0.39, 0.29) is 21.1 Å². The summed E-state index contributed by atoms with van der Waals surface area (Å²) in [5.41, 5.74) is -0.228. The van der Waals surface area contributed by atoms with Crippen molar-refractivity contribution >= 4 is 49.0 Å². The topological polar surface area (TPSA) is 34.1 Å². The maximum absolute atomic E-state index is 12.7. The summed E-state index contributed by atoms with van der Waals surface area (Å²) in [6.07, 6.45) is 3.68. The van der Waals surface area contributed by atoms with Crippen LogP contribution in [0.1, 0.15) is 39.5 Å². The van der Waals surface area contributed by atoms with Gasteiger partial charge in [-0.25, -0.2) is 8.42 Å². The van der Waals surface area contributed by atoms with Gasteiger partial charge in [-0.3, -0.25) is 0 Å². The lowest BCUT2D eigenvalue weighted by atomic mass is 9.83. The van der Waals surface area contributed by atoms with Crippen molar-refractivity contribution in [2.45, 2.75) is 44.4 Å². The van der Waals surface area contributed by atoms with Gasteiger partial charge in [-0.15, -0.1) is 0 Å². The zero-order valence-corrected chi connectivity index (χ0v) is 16.2. The number of sulfone groups is 1. The number of halogens is 3. The van der Waals surface area contributed by atoms with Gasteiger partial charge >= 0.3 is 0 Å². The molecule has 0 unspecified atom stereocenters. The van der Waals surface area contributed by atoms with Crippen LogP contribution in [-0.4, -0.2) is 19.5 Å². The molecule has 0 aliphatic rings. The van der Waals surface area contributed by atoms with E-state index in [1.165, 1.54) is 18.2 Å². The summed E-state index contributed by atoms with van der Waals surface area (Å²) in [5, 5.41) is 1.32. The van der Waals surface area contributed by atoms with E-state index in [1.807, 2.05) is 0 Å². The molecule has 0 N–H and O–H groups in total. The standard InChI is InChI=1S/C15H21BrCl2O2S/c1-3-7-15(10-16,8-4-2)11-21(19,20)12-5-6-13(17)14(18)9-12/h5-6,9H,3-4,7-8,10-11H2,1-2H3. The van der Waals surface area contributed by atoms with Crippen molar-refractivity contribution in [1.82, 2.24) is 0 Å². The maximum atomic E-state index is 12.7. The van der Waals surface area contributed by atoms with E-state index in [4.69, 9.17) is 23.2 Å². The minimum absolute atomic E-state index is 0.130. The van der Waals surface area contributed by atoms with E-state index in [0.717, 1.165) is 25.7 Å². The molecule has 1 aromatic carbocycles. The highest BCUT2D eigenvalue weighted by Crippen LogP contribution is 2.36. The van der Waals surface area contributed by atoms with Crippen molar-refractivity contribution in [2.24, 2.45) is 5.41 Å². The zero-order chi connectivity index (χ0) is 16.1. The van der Waals surface area contributed by atoms with Crippen LogP contribution in [0.5, 0.6) is 0 Å². The molecule has 0 spiro atoms. The van der Waals surface area contributed by atoms with Crippen molar-refractivity contribution in [2.75, 3.05) is 11.1 Å². The first-order valence-corrected chi connectivity index (χ1v) is 10.6. The number of rotatable bonds is 8. The normalized spacial score (nSPS) is 12.6. The van der Waals surface area contributed by atoms with Crippen LogP contribution in [0.3, 0.4) is 0 Å². The molecule has 6 heteroatoms. The zero-order valence-electron chi connectivity index (χ0n) is 12.3. The first-order valence-electron chi connectivity index (χ1n) is 7.04. The van der Waals surface area contributed by atoms with Crippen LogP contribution in [-0.2, 0) is 9.84 Å². The molecule has 0 amide bonds. The molecule has 0 aromatic heterocycles. The van der Waals surface area contributed by atoms with Gasteiger partial charge in [0.15, 0.2) is 9.84 Å². The van der Waals surface area contributed by atoms with E-state index in [9.17, 15) is 8.42 Å². The van der Waals surface area contributed by atoms with Crippen LogP contribution in [0.15, 0.2) is 23.1 Å². The molecule has 21 heavy (non-hydrogen) atoms. The second-order valence-corrected chi connectivity index (χ2v) is 8.83. The average Bonchev–Trinajstić information content (AvgIpc) is 2.41. The van der Waals surface area contributed by atoms with Gasteiger partial charge in [-0.2, -0.15) is 0 Å². The fraction of sp³-hybridized carbons (Fsp3) is 0.600. The minimum Gasteiger partial charge on any atom is -0.224 e. The Bertz CT molecular complexity index is 567. The number of alkyl halides is 1. The third kappa shape index (κ3) is 5.12. The first kappa shape index (κ1) is 19.3. The second-order valence-electron chi connectivity index (χ2n) is 5.47. The van der Waals surface area contributed by atoms with Crippen LogP contribution in [0.25, 0.3) is 0 Å². The number of benzene rings is 1. The lowest BCUT2D eigenvalue weighted by Crippen LogP contribution is -2.32. The predicted molar refractivity (Wildman–Crippen MR) is 94.6 cm³/mol. The van der Waals surface area contributed by atoms with Crippen LogP contribution in [0.2, 0.25) is 10.0 Å². The van der Waals surface area contributed by atoms with E-state index in [2.05, 4.69) is 29.8 Å². The summed E-state index contributed by atoms with van der Waals surface area (Å²) in [6, 6.07) is 4.50. The molecule has 0 fully saturated rings. The Morgan fingerprint density at radius 3 is 2.10 bits per heavy atom. The smallest absolute Gasteiger partial charge is 0.179 e. The molecule has 0 saturated heterocycles. The Labute approximate surface area is 146 Å². The predicted octanol–water partition coefficient (Wildman–Crippen LogP) is 5.75. The molecule has 2 nitrogen and oxygen atoms in total. The number of hydrogen-bond donors (Lipinski definition) is 0. The molecule has 0 aliphatic heterocycles. The van der Waals surface area contributed by atoms with Crippen molar-refractivity contribution in [3.8, 4) is 0 Å². The SMILES string of the molecule is CCCC(CBr)(CCC)CS(=O)(=O)c1ccc(Cl)c(Cl)c1. The van der Waals surface area contributed by atoms with E-state index < -0.39 is 9.84 Å². The average molecular weight is 416 g/mol. The maximum Gasteiger partial charge on any atom is 0.179 e. The van der Waals surface area contributed by atoms with Gasteiger partial charge in [-0.05, 0) is 36.5 Å². The minimum atomic E-state index is -3.39. The molecule has 0 bridgehead atoms. The molecule has 0 aliphatic carbocycles. The van der Waals surface area contributed by atoms with Gasteiger partial charge in [-0.1, -0.05) is 65.8 Å². The van der Waals surface area contributed by atoms with Gasteiger partial charge in [0.2, 0.25) is 0 Å². The summed E-state index contributed by atoms with van der Waals surface area (Å²) in [7, 11) is -3.39. The Hall–Kier alpha value is 0.230. The third-order valence-corrected chi connectivity index (χ3v) is 7.48. The van der Waals surface area contributed by atoms with Crippen molar-refractivity contribution in [3.05, 3.63) is 28.2 Å². The summed E-state index contributed by atoms with van der Waals surface area (Å²) >= 11 is 15.3. The summed E-state index contributed by atoms with van der Waals surface area (Å²) in [4.78, 5) is 0.245. The summed E-state index contributed by atoms with van der Waals surface area (Å²) in [5.74, 6) is 0.130. The van der Waals surface area contributed by atoms with Gasteiger partial charge in [0.25, 0.3) is 0 Å². The lowest BCUT2D eigenvalue weighted by Gasteiger charge is -2.31. The van der Waals surface area contributed by atoms with Crippen molar-refractivity contribution in [3.63, 3.8) is 0 Å². The molecule has 0 atom stereocenters. The molecule has 0 heterocycles. The molecule has 1 rings (SSSR count). The first-order chi connectivity index (χ1) is 9.80. The van der Waals surface area contributed by atoms with Gasteiger partial charge in [0.1, 0.15) is 0 Å². The third-order valence-electron chi connectivity index (χ3n) is 3.59. The van der Waals surface area contributed by atoms with Gasteiger partial charge < -0.3 is 0 Å². The highest BCUT2D eigenvalue weighted by atomic mass is 79.9. The van der Waals surface area contributed by atoms with Gasteiger partial charge in [0.05, 0.1) is 20.7 Å². The van der Waals surface area contributed by atoms with Crippen LogP contribution >= 0.6 is 39.1 Å². The van der Waals surface area contributed by atoms with Gasteiger partial charge in [0, 0.05) is 5.33 Å². The molecule has 1 aromatic rings. The van der Waals surface area contributed by atoms with Crippen molar-refractivity contribution in [1.29, 1.82) is 0 Å². The highest BCUT2D eigenvalue weighted by Gasteiger charge is 2.34. The van der Waals surface area contributed by atoms with E-state index in [1.54, 1.807) is 0 Å². The van der Waals surface area contributed by atoms with E-state index in [0.29, 0.717) is 10.4 Å². The van der Waals surface area contributed by atoms with Crippen molar-refractivity contribution < 1.29 is 8.42 Å². The monoisotopic (exact) mass is 414 g/mol. The van der Waals surface area contributed by atoms with Crippen LogP contribution < -0.4 is 0 Å². The Kier molecular flexibility index (Phi) is 7.51. The Morgan fingerprint density at radius 2 is 1.67 bits per heavy atom. The molecule has 120 valence electrons. The summed E-state index contributed by atoms with van der Waals surface area (Å²) < 4.78 is 25.4. The fourth-order valence-corrected chi connectivity index (χ4v) is 5.98. The van der Waals surface area contributed by atoms with Crippen LogP contribution in [0.4, 0.5) is 0 Å². The molecule has 0 saturated carbocycles. The molecule has 0 radical (unpaired) electrons. The highest BCUT2D eigenvalue weighted by molar-refractivity contribution is 9.09. The quantitative estimate of drug-likeness (QED) is 0.506. The fourth-order valence-electron chi connectivity index (χ4n) is 2.66. The van der Waals surface area contributed by atoms with Crippen LogP contribution in [0, 0.1) is 5.41 Å².